The molecule has 0 spiro atoms. The van der Waals surface area contributed by atoms with E-state index in [4.69, 9.17) is 15.7 Å². The van der Waals surface area contributed by atoms with Crippen molar-refractivity contribution in [3.63, 3.8) is 0 Å². The Balaban J connectivity index is 0.000000260. The summed E-state index contributed by atoms with van der Waals surface area (Å²) in [4.78, 5) is 23.6. The number of thiophene rings is 1. The van der Waals surface area contributed by atoms with Gasteiger partial charge in [0.2, 0.25) is 6.41 Å². The smallest absolute Gasteiger partial charge is 0.209 e. The number of hydrogen-bond acceptors (Lipinski definition) is 9. The van der Waals surface area contributed by atoms with Crippen LogP contribution >= 0.6 is 24.0 Å². The number of aryl methyl sites for hydroxylation is 2. The van der Waals surface area contributed by atoms with Crippen molar-refractivity contribution in [2.24, 2.45) is 5.92 Å². The largest absolute Gasteiger partial charge is 0.494 e. The molecule has 32 heavy (non-hydrogen) atoms. The topological polar surface area (TPSA) is 117 Å². The van der Waals surface area contributed by atoms with E-state index < -0.39 is 0 Å². The van der Waals surface area contributed by atoms with Crippen molar-refractivity contribution in [2.45, 2.75) is 30.6 Å². The molecule has 1 aliphatic heterocycles. The van der Waals surface area contributed by atoms with Crippen LogP contribution in [-0.4, -0.2) is 41.5 Å². The minimum atomic E-state index is 0.0974. The third-order valence-electron chi connectivity index (χ3n) is 5.59. The zero-order chi connectivity index (χ0) is 22.7. The Morgan fingerprint density at radius 3 is 2.84 bits per heavy atom. The molecule has 5 rings (SSSR count). The Morgan fingerprint density at radius 2 is 2.12 bits per heavy atom. The number of nitriles is 1. The molecule has 8 nitrogen and oxygen atoms in total. The molecule has 2 aliphatic rings. The molecule has 3 N–H and O–H groups in total. The molecular formula is C22H24N6O2S2. The summed E-state index contributed by atoms with van der Waals surface area (Å²) >= 11 is 6.19. The predicted octanol–water partition coefficient (Wildman–Crippen LogP) is 3.79. The number of nitrogen functional groups attached to an aromatic ring is 1. The van der Waals surface area contributed by atoms with Crippen molar-refractivity contribution in [1.29, 1.82) is 5.26 Å². The van der Waals surface area contributed by atoms with E-state index in [0.29, 0.717) is 29.4 Å². The Kier molecular flexibility index (Phi) is 6.67. The van der Waals surface area contributed by atoms with E-state index in [-0.39, 0.29) is 5.92 Å². The number of likely N-dealkylation sites (tertiary alicyclic amines) is 1. The summed E-state index contributed by atoms with van der Waals surface area (Å²) < 4.78 is 5.44. The Labute approximate surface area is 195 Å². The SMILES string of the molecule is COc1cc(N)c(S)cc1Nc1ncnc2sc3c(c12)CCCC3.N#CC1CN(C=O)C1. The molecule has 1 amide bonds. The van der Waals surface area contributed by atoms with Gasteiger partial charge in [0, 0.05) is 34.6 Å². The highest BCUT2D eigenvalue weighted by atomic mass is 32.1. The number of nitrogens with one attached hydrogen (secondary N) is 1. The standard InChI is InChI=1S/C17H18N4OS2.C5H6N2O/c1-22-12-6-10(18)13(23)7-11(12)21-16-15-9-4-2-3-5-14(9)24-17(15)20-8-19-16;6-1-5-2-7(3-5)4-8/h6-8,23H,2-5,18H2,1H3,(H,19,20,21);4-5H,2-3H2. The number of amides is 1. The van der Waals surface area contributed by atoms with Crippen LogP contribution in [0.4, 0.5) is 17.2 Å². The number of methoxy groups -OCH3 is 1. The van der Waals surface area contributed by atoms with Crippen LogP contribution in [0.2, 0.25) is 0 Å². The molecule has 1 saturated heterocycles. The fourth-order valence-electron chi connectivity index (χ4n) is 3.84. The van der Waals surface area contributed by atoms with Gasteiger partial charge in [0.05, 0.1) is 30.2 Å². The number of nitrogens with zero attached hydrogens (tertiary/aromatic N) is 4. The van der Waals surface area contributed by atoms with Gasteiger partial charge < -0.3 is 20.7 Å². The van der Waals surface area contributed by atoms with Crippen molar-refractivity contribution in [1.82, 2.24) is 14.9 Å². The highest BCUT2D eigenvalue weighted by molar-refractivity contribution is 7.80. The van der Waals surface area contributed by atoms with Gasteiger partial charge in [-0.25, -0.2) is 9.97 Å². The molecule has 0 radical (unpaired) electrons. The molecule has 1 fully saturated rings. The van der Waals surface area contributed by atoms with Crippen molar-refractivity contribution >= 4 is 57.8 Å². The molecule has 10 heteroatoms. The van der Waals surface area contributed by atoms with Crippen molar-refractivity contribution < 1.29 is 9.53 Å². The maximum atomic E-state index is 9.87. The molecular weight excluding hydrogens is 444 g/mol. The van der Waals surface area contributed by atoms with Crippen LogP contribution in [-0.2, 0) is 17.6 Å². The zero-order valence-electron chi connectivity index (χ0n) is 17.7. The van der Waals surface area contributed by atoms with Crippen molar-refractivity contribution in [2.75, 3.05) is 31.2 Å². The Hall–Kier alpha value is -3.03. The maximum absolute atomic E-state index is 9.87. The molecule has 0 bridgehead atoms. The van der Waals surface area contributed by atoms with Crippen LogP contribution in [0, 0.1) is 17.2 Å². The van der Waals surface area contributed by atoms with E-state index in [9.17, 15) is 4.79 Å². The maximum Gasteiger partial charge on any atom is 0.209 e. The lowest BCUT2D eigenvalue weighted by atomic mass is 9.97. The van der Waals surface area contributed by atoms with Crippen molar-refractivity contribution in [3.05, 3.63) is 28.9 Å². The number of thiol groups is 1. The third kappa shape index (κ3) is 4.45. The number of rotatable bonds is 4. The Bertz CT molecular complexity index is 1180. The molecule has 0 saturated carbocycles. The summed E-state index contributed by atoms with van der Waals surface area (Å²) in [5.74, 6) is 1.58. The second-order valence-electron chi connectivity index (χ2n) is 7.73. The van der Waals surface area contributed by atoms with Gasteiger partial charge >= 0.3 is 0 Å². The monoisotopic (exact) mass is 468 g/mol. The zero-order valence-corrected chi connectivity index (χ0v) is 19.4. The summed E-state index contributed by atoms with van der Waals surface area (Å²) in [6.45, 7) is 1.25. The number of anilines is 3. The fourth-order valence-corrected chi connectivity index (χ4v) is 5.27. The summed E-state index contributed by atoms with van der Waals surface area (Å²) in [6.07, 6.45) is 7.09. The molecule has 2 aromatic heterocycles. The van der Waals surface area contributed by atoms with E-state index in [2.05, 4.69) is 34.0 Å². The van der Waals surface area contributed by atoms with Gasteiger partial charge in [-0.2, -0.15) is 5.26 Å². The van der Waals surface area contributed by atoms with Crippen LogP contribution in [0.25, 0.3) is 10.2 Å². The molecule has 3 aromatic rings. The lowest BCUT2D eigenvalue weighted by Crippen LogP contribution is -2.44. The molecule has 0 unspecified atom stereocenters. The van der Waals surface area contributed by atoms with Crippen LogP contribution in [0.3, 0.4) is 0 Å². The van der Waals surface area contributed by atoms with Gasteiger partial charge in [-0.05, 0) is 37.3 Å². The molecule has 3 heterocycles. The quantitative estimate of drug-likeness (QED) is 0.303. The van der Waals surface area contributed by atoms with Gasteiger partial charge in [-0.1, -0.05) is 0 Å². The summed E-state index contributed by atoms with van der Waals surface area (Å²) in [7, 11) is 1.63. The molecule has 1 aliphatic carbocycles. The van der Waals surface area contributed by atoms with E-state index >= 15 is 0 Å². The number of aromatic nitrogens is 2. The minimum Gasteiger partial charge on any atom is -0.494 e. The predicted molar refractivity (Wildman–Crippen MR) is 129 cm³/mol. The van der Waals surface area contributed by atoms with Crippen LogP contribution < -0.4 is 15.8 Å². The second-order valence-corrected chi connectivity index (χ2v) is 9.30. The highest BCUT2D eigenvalue weighted by Crippen LogP contribution is 2.40. The second kappa shape index (κ2) is 9.63. The lowest BCUT2D eigenvalue weighted by Gasteiger charge is -2.31. The first-order valence-corrected chi connectivity index (χ1v) is 11.6. The van der Waals surface area contributed by atoms with E-state index in [0.717, 1.165) is 41.0 Å². The first-order valence-electron chi connectivity index (χ1n) is 10.3. The fraction of sp³-hybridized carbons (Fsp3) is 0.364. The van der Waals surface area contributed by atoms with Gasteiger partial charge in [0.25, 0.3) is 0 Å². The lowest BCUT2D eigenvalue weighted by molar-refractivity contribution is -0.122. The summed E-state index contributed by atoms with van der Waals surface area (Å²) in [6, 6.07) is 5.70. The summed E-state index contributed by atoms with van der Waals surface area (Å²) in [5.41, 5.74) is 8.69. The number of fused-ring (bicyclic) bond motifs is 3. The van der Waals surface area contributed by atoms with E-state index in [1.807, 2.05) is 6.07 Å². The molecule has 0 atom stereocenters. The minimum absolute atomic E-state index is 0.0974. The first kappa shape index (κ1) is 22.2. The van der Waals surface area contributed by atoms with Gasteiger partial charge in [0.15, 0.2) is 0 Å². The van der Waals surface area contributed by atoms with Crippen LogP contribution in [0.5, 0.6) is 5.75 Å². The summed E-state index contributed by atoms with van der Waals surface area (Å²) in [5, 5.41) is 12.7. The van der Waals surface area contributed by atoms with Crippen molar-refractivity contribution in [3.8, 4) is 11.8 Å². The van der Waals surface area contributed by atoms with Gasteiger partial charge in [0.1, 0.15) is 22.7 Å². The van der Waals surface area contributed by atoms with Crippen LogP contribution in [0.1, 0.15) is 23.3 Å². The molecule has 166 valence electrons. The van der Waals surface area contributed by atoms with Gasteiger partial charge in [-0.3, -0.25) is 4.79 Å². The average molecular weight is 469 g/mol. The third-order valence-corrected chi connectivity index (χ3v) is 7.18. The van der Waals surface area contributed by atoms with E-state index in [1.165, 1.54) is 23.3 Å². The average Bonchev–Trinajstić information content (AvgIpc) is 3.16. The van der Waals surface area contributed by atoms with Gasteiger partial charge in [-0.15, -0.1) is 24.0 Å². The normalized spacial score (nSPS) is 15.1. The Morgan fingerprint density at radius 1 is 1.34 bits per heavy atom. The first-order chi connectivity index (χ1) is 15.5. The molecule has 1 aromatic carbocycles. The number of benzene rings is 1. The number of hydrogen-bond donors (Lipinski definition) is 3. The number of ether oxygens (including phenoxy) is 1. The van der Waals surface area contributed by atoms with E-state index in [1.54, 1.807) is 35.7 Å². The number of carbonyl (C=O) groups excluding carboxylic acids is 1. The van der Waals surface area contributed by atoms with Crippen LogP contribution in [0.15, 0.2) is 23.4 Å². The number of carbonyl (C=O) groups is 1. The number of nitrogens with two attached hydrogens (primary N) is 1. The highest BCUT2D eigenvalue weighted by Gasteiger charge is 2.24.